The molecule has 4 N–H and O–H groups in total. The predicted molar refractivity (Wildman–Crippen MR) is 229 cm³/mol. The van der Waals surface area contributed by atoms with E-state index in [1.165, 1.54) is 96.3 Å². The summed E-state index contributed by atoms with van der Waals surface area (Å²) >= 11 is 0. The third kappa shape index (κ3) is 30.2. The monoisotopic (exact) mass is 847 g/mol. The van der Waals surface area contributed by atoms with E-state index in [4.69, 9.17) is 18.9 Å². The van der Waals surface area contributed by atoms with Crippen LogP contribution in [0.2, 0.25) is 0 Å². The van der Waals surface area contributed by atoms with Crippen LogP contribution in [0.3, 0.4) is 0 Å². The minimum atomic E-state index is -4.60. The molecule has 1 saturated heterocycles. The molecule has 13 heteroatoms. The van der Waals surface area contributed by atoms with Crippen LogP contribution in [0.1, 0.15) is 194 Å². The Labute approximate surface area is 351 Å². The van der Waals surface area contributed by atoms with Gasteiger partial charge in [0, 0.05) is 12.8 Å². The molecule has 58 heavy (non-hydrogen) atoms. The molecule has 1 rings (SSSR count). The van der Waals surface area contributed by atoms with E-state index < -0.39 is 71.2 Å². The van der Waals surface area contributed by atoms with E-state index in [1.807, 2.05) is 0 Å². The maximum absolute atomic E-state index is 12.8. The number of aliphatic hydroxyl groups excluding tert-OH is 3. The van der Waals surface area contributed by atoms with Crippen molar-refractivity contribution in [3.63, 3.8) is 0 Å². The lowest BCUT2D eigenvalue weighted by Gasteiger charge is -2.40. The van der Waals surface area contributed by atoms with Crippen molar-refractivity contribution in [1.29, 1.82) is 0 Å². The van der Waals surface area contributed by atoms with Gasteiger partial charge in [0.15, 0.2) is 12.4 Å². The fraction of sp³-hybridized carbons (Fsp3) is 0.867. The molecule has 6 atom stereocenters. The largest absolute Gasteiger partial charge is 0.462 e. The van der Waals surface area contributed by atoms with Gasteiger partial charge in [0.2, 0.25) is 0 Å². The predicted octanol–water partition coefficient (Wildman–Crippen LogP) is 9.23. The topological polar surface area (TPSA) is 186 Å². The molecule has 0 aliphatic carbocycles. The molecule has 0 bridgehead atoms. The van der Waals surface area contributed by atoms with Gasteiger partial charge in [-0.2, -0.15) is 8.42 Å². The highest BCUT2D eigenvalue weighted by Crippen LogP contribution is 2.24. The highest BCUT2D eigenvalue weighted by Gasteiger charge is 2.46. The van der Waals surface area contributed by atoms with Gasteiger partial charge in [-0.25, -0.2) is 0 Å². The highest BCUT2D eigenvalue weighted by molar-refractivity contribution is 7.85. The Kier molecular flexibility index (Phi) is 33.5. The molecule has 0 radical (unpaired) electrons. The van der Waals surface area contributed by atoms with Crippen LogP contribution in [0, 0.1) is 0 Å². The minimum absolute atomic E-state index is 0.155. The van der Waals surface area contributed by atoms with Crippen LogP contribution in [-0.4, -0.2) is 96.0 Å². The molecular formula is C45H82O12S. The number of carbonyl (C=O) groups is 2. The zero-order valence-corrected chi connectivity index (χ0v) is 37.0. The second-order valence-corrected chi connectivity index (χ2v) is 17.6. The maximum atomic E-state index is 12.8. The lowest BCUT2D eigenvalue weighted by atomic mass is 10.00. The third-order valence-electron chi connectivity index (χ3n) is 10.5. The number of allylic oxidation sites excluding steroid dienone is 4. The molecule has 0 aromatic rings. The normalized spacial score (nSPS) is 20.6. The molecule has 2 unspecified atom stereocenters. The molecule has 0 amide bonds. The van der Waals surface area contributed by atoms with Crippen molar-refractivity contribution in [3.8, 4) is 0 Å². The summed E-state index contributed by atoms with van der Waals surface area (Å²) in [5.74, 6) is -1.99. The number of hydrogen-bond donors (Lipinski definition) is 4. The van der Waals surface area contributed by atoms with E-state index >= 15 is 0 Å². The number of unbranched alkanes of at least 4 members (excludes halogenated alkanes) is 22. The Morgan fingerprint density at radius 1 is 0.569 bits per heavy atom. The Morgan fingerprint density at radius 2 is 0.983 bits per heavy atom. The number of hydrogen-bond acceptors (Lipinski definition) is 11. The van der Waals surface area contributed by atoms with Gasteiger partial charge in [-0.1, -0.05) is 141 Å². The number of esters is 2. The molecule has 0 aromatic heterocycles. The summed E-state index contributed by atoms with van der Waals surface area (Å²) in [6.07, 6.45) is 29.3. The quantitative estimate of drug-likeness (QED) is 0.0200. The van der Waals surface area contributed by atoms with Gasteiger partial charge in [-0.05, 0) is 64.2 Å². The van der Waals surface area contributed by atoms with Crippen LogP contribution in [0.15, 0.2) is 24.3 Å². The molecule has 1 aliphatic heterocycles. The van der Waals surface area contributed by atoms with Crippen molar-refractivity contribution in [2.75, 3.05) is 19.0 Å². The lowest BCUT2D eigenvalue weighted by molar-refractivity contribution is -0.297. The van der Waals surface area contributed by atoms with Crippen molar-refractivity contribution < 1.29 is 56.8 Å². The number of rotatable bonds is 38. The summed E-state index contributed by atoms with van der Waals surface area (Å²) in [5.41, 5.74) is 0. The van der Waals surface area contributed by atoms with Gasteiger partial charge >= 0.3 is 11.9 Å². The second-order valence-electron chi connectivity index (χ2n) is 16.1. The van der Waals surface area contributed by atoms with Crippen LogP contribution < -0.4 is 0 Å². The SMILES string of the molecule is CCCCCC/C=C/CCCCCCCCCCCC(=O)OC[C@H](CO[C@H]1O[C@H](CS(=O)(=O)O)[C@@H](O)C(O)C1O)OC(=O)CCCCCCC/C=C/CCCCCC. The molecule has 1 fully saturated rings. The zero-order valence-electron chi connectivity index (χ0n) is 36.2. The van der Waals surface area contributed by atoms with Crippen molar-refractivity contribution in [3.05, 3.63) is 24.3 Å². The number of aliphatic hydroxyl groups is 3. The average Bonchev–Trinajstić information content (AvgIpc) is 3.18. The summed E-state index contributed by atoms with van der Waals surface area (Å²) in [6.45, 7) is 3.73. The van der Waals surface area contributed by atoms with Crippen molar-refractivity contribution in [2.24, 2.45) is 0 Å². The summed E-state index contributed by atoms with van der Waals surface area (Å²) in [5, 5.41) is 30.9. The smallest absolute Gasteiger partial charge is 0.306 e. The van der Waals surface area contributed by atoms with Gasteiger partial charge in [0.1, 0.15) is 36.8 Å². The van der Waals surface area contributed by atoms with Crippen LogP contribution in [0.5, 0.6) is 0 Å². The van der Waals surface area contributed by atoms with Crippen molar-refractivity contribution in [1.82, 2.24) is 0 Å². The van der Waals surface area contributed by atoms with Gasteiger partial charge in [-0.3, -0.25) is 14.1 Å². The summed E-state index contributed by atoms with van der Waals surface area (Å²) in [4.78, 5) is 25.4. The Morgan fingerprint density at radius 3 is 1.43 bits per heavy atom. The molecular weight excluding hydrogens is 765 g/mol. The van der Waals surface area contributed by atoms with Gasteiger partial charge in [0.25, 0.3) is 10.1 Å². The van der Waals surface area contributed by atoms with E-state index in [0.29, 0.717) is 12.8 Å². The lowest BCUT2D eigenvalue weighted by Crippen LogP contribution is -2.60. The maximum Gasteiger partial charge on any atom is 0.306 e. The van der Waals surface area contributed by atoms with Crippen LogP contribution in [-0.2, 0) is 38.7 Å². The average molecular weight is 847 g/mol. The first-order valence-corrected chi connectivity index (χ1v) is 24.5. The summed E-state index contributed by atoms with van der Waals surface area (Å²) < 4.78 is 54.0. The van der Waals surface area contributed by atoms with Crippen molar-refractivity contribution >= 4 is 22.1 Å². The van der Waals surface area contributed by atoms with Gasteiger partial charge in [0.05, 0.1) is 6.61 Å². The number of carbonyl (C=O) groups excluding carboxylic acids is 2. The molecule has 1 heterocycles. The first kappa shape index (κ1) is 54.1. The second kappa shape index (κ2) is 35.8. The first-order valence-electron chi connectivity index (χ1n) is 22.9. The van der Waals surface area contributed by atoms with E-state index in [-0.39, 0.29) is 19.4 Å². The highest BCUT2D eigenvalue weighted by atomic mass is 32.2. The van der Waals surface area contributed by atoms with E-state index in [2.05, 4.69) is 38.2 Å². The zero-order chi connectivity index (χ0) is 42.7. The van der Waals surface area contributed by atoms with Crippen LogP contribution in [0.4, 0.5) is 0 Å². The summed E-state index contributed by atoms with van der Waals surface area (Å²) in [6, 6.07) is 0. The van der Waals surface area contributed by atoms with Crippen molar-refractivity contribution in [2.45, 2.75) is 230 Å². The Balaban J connectivity index is 2.43. The standard InChI is InChI=1S/C45H82O12S/c1-3-5-7-9-11-13-15-17-18-19-20-22-23-25-27-29-31-33-40(46)54-35-38(36-55-45-44(50)43(49)42(48)39(57-45)37-58(51,52)53)56-41(47)34-32-30-28-26-24-21-16-14-12-10-8-6-4-2/h13-16,38-39,42-45,48-50H,3-12,17-37H2,1-2H3,(H,51,52,53)/b15-13+,16-14+/t38-,39-,42-,43?,44?,45+/m1/s1. The molecule has 340 valence electrons. The molecule has 0 saturated carbocycles. The molecule has 12 nitrogen and oxygen atoms in total. The molecule has 0 aromatic carbocycles. The molecule has 0 spiro atoms. The van der Waals surface area contributed by atoms with Gasteiger partial charge in [-0.15, -0.1) is 0 Å². The fourth-order valence-electron chi connectivity index (χ4n) is 6.90. The minimum Gasteiger partial charge on any atom is -0.462 e. The molecule has 1 aliphatic rings. The first-order chi connectivity index (χ1) is 28.0. The Bertz CT molecular complexity index is 1180. The van der Waals surface area contributed by atoms with Gasteiger partial charge < -0.3 is 34.3 Å². The van der Waals surface area contributed by atoms with E-state index in [0.717, 1.165) is 57.8 Å². The van der Waals surface area contributed by atoms with E-state index in [1.54, 1.807) is 0 Å². The Hall–Kier alpha value is -1.87. The summed E-state index contributed by atoms with van der Waals surface area (Å²) in [7, 11) is -4.60. The fourth-order valence-corrected chi connectivity index (χ4v) is 7.59. The van der Waals surface area contributed by atoms with E-state index in [9.17, 15) is 37.9 Å². The van der Waals surface area contributed by atoms with Crippen LogP contribution >= 0.6 is 0 Å². The van der Waals surface area contributed by atoms with Crippen LogP contribution in [0.25, 0.3) is 0 Å². The third-order valence-corrected chi connectivity index (χ3v) is 11.3. The number of ether oxygens (including phenoxy) is 4.